The molecule has 7 nitrogen and oxygen atoms in total. The van der Waals surface area contributed by atoms with Crippen LogP contribution < -0.4 is 10.2 Å². The van der Waals surface area contributed by atoms with Gasteiger partial charge >= 0.3 is 0 Å². The zero-order valence-electron chi connectivity index (χ0n) is 20.8. The Hall–Kier alpha value is -2.09. The molecule has 0 spiro atoms. The van der Waals surface area contributed by atoms with E-state index in [4.69, 9.17) is 5.11 Å². The monoisotopic (exact) mass is 444 g/mol. The van der Waals surface area contributed by atoms with Gasteiger partial charge in [0.25, 0.3) is 0 Å². The standard InChI is InChI=1S/C10H16N4.C9H11N.C5H13N.CH4O/c1-9-11-4-3-10(12-9)14-7-5-13(2)6-8-14;1-2-6-9-8(4-1)5-3-7-10-9;1-3-4-5-6-2;1-2/h3-4H,5-8H2,1-2H3;3,5,7H,1-2,4,6H2;6H,3-5H2,1-2H3;2H,1H3. The first-order valence-electron chi connectivity index (χ1n) is 11.9. The van der Waals surface area contributed by atoms with Crippen LogP contribution in [-0.4, -0.2) is 78.9 Å². The molecule has 7 heteroatoms. The molecule has 1 aliphatic carbocycles. The summed E-state index contributed by atoms with van der Waals surface area (Å²) in [7, 11) is 5.14. The molecular formula is C25H44N6O. The van der Waals surface area contributed by atoms with Gasteiger partial charge in [0.2, 0.25) is 0 Å². The van der Waals surface area contributed by atoms with Crippen molar-refractivity contribution >= 4 is 5.82 Å². The highest BCUT2D eigenvalue weighted by atomic mass is 16.2. The summed E-state index contributed by atoms with van der Waals surface area (Å²) in [5, 5.41) is 10.1. The summed E-state index contributed by atoms with van der Waals surface area (Å²) in [5.41, 5.74) is 2.79. The van der Waals surface area contributed by atoms with Gasteiger partial charge in [-0.3, -0.25) is 4.98 Å². The number of piperazine rings is 1. The van der Waals surface area contributed by atoms with Crippen LogP contribution in [0.25, 0.3) is 0 Å². The van der Waals surface area contributed by atoms with Crippen LogP contribution in [0.3, 0.4) is 0 Å². The molecule has 2 aromatic heterocycles. The number of hydrogen-bond donors (Lipinski definition) is 2. The van der Waals surface area contributed by atoms with Crippen molar-refractivity contribution in [3.8, 4) is 0 Å². The number of aliphatic hydroxyl groups excluding tert-OH is 1. The number of aliphatic hydroxyl groups is 1. The highest BCUT2D eigenvalue weighted by molar-refractivity contribution is 5.37. The van der Waals surface area contributed by atoms with Crippen LogP contribution in [0.15, 0.2) is 30.6 Å². The predicted octanol–water partition coefficient (Wildman–Crippen LogP) is 3.11. The van der Waals surface area contributed by atoms with Crippen molar-refractivity contribution in [1.82, 2.24) is 25.2 Å². The van der Waals surface area contributed by atoms with Gasteiger partial charge in [-0.05, 0) is 77.4 Å². The van der Waals surface area contributed by atoms with Crippen LogP contribution in [0.5, 0.6) is 0 Å². The van der Waals surface area contributed by atoms with E-state index in [-0.39, 0.29) is 0 Å². The SMILES string of the molecule is CCCCNC.CO.Cc1nccc(N2CCN(C)CC2)n1.c1cnc2c(c1)CCCC2. The predicted molar refractivity (Wildman–Crippen MR) is 134 cm³/mol. The number of unbranched alkanes of at least 4 members (excludes halogenated alkanes) is 1. The lowest BCUT2D eigenvalue weighted by Gasteiger charge is -2.33. The number of aryl methyl sites for hydroxylation is 3. The molecule has 1 fully saturated rings. The number of anilines is 1. The van der Waals surface area contributed by atoms with Crippen LogP contribution in [0, 0.1) is 6.92 Å². The molecule has 4 rings (SSSR count). The van der Waals surface area contributed by atoms with Crippen molar-refractivity contribution in [2.24, 2.45) is 0 Å². The minimum absolute atomic E-state index is 0.849. The zero-order chi connectivity index (χ0) is 23.6. The number of nitrogens with zero attached hydrogens (tertiary/aromatic N) is 5. The molecule has 0 amide bonds. The van der Waals surface area contributed by atoms with Crippen molar-refractivity contribution in [2.75, 3.05) is 58.8 Å². The van der Waals surface area contributed by atoms with Crippen molar-refractivity contribution in [3.63, 3.8) is 0 Å². The number of pyridine rings is 1. The molecule has 0 radical (unpaired) electrons. The largest absolute Gasteiger partial charge is 0.400 e. The fraction of sp³-hybridized carbons (Fsp3) is 0.640. The molecule has 2 N–H and O–H groups in total. The number of fused-ring (bicyclic) bond motifs is 1. The van der Waals surface area contributed by atoms with E-state index in [9.17, 15) is 0 Å². The van der Waals surface area contributed by atoms with Gasteiger partial charge in [0.05, 0.1) is 0 Å². The summed E-state index contributed by atoms with van der Waals surface area (Å²) in [4.78, 5) is 17.5. The number of rotatable bonds is 4. The molecule has 1 aliphatic heterocycles. The van der Waals surface area contributed by atoms with E-state index < -0.39 is 0 Å². The molecule has 32 heavy (non-hydrogen) atoms. The molecule has 2 aliphatic rings. The second-order valence-electron chi connectivity index (χ2n) is 8.03. The first-order valence-corrected chi connectivity index (χ1v) is 11.9. The average Bonchev–Trinajstić information content (AvgIpc) is 2.85. The average molecular weight is 445 g/mol. The molecule has 3 heterocycles. The highest BCUT2D eigenvalue weighted by Crippen LogP contribution is 2.17. The first-order chi connectivity index (χ1) is 15.6. The van der Waals surface area contributed by atoms with E-state index in [1.54, 1.807) is 0 Å². The maximum absolute atomic E-state index is 7.00. The third-order valence-corrected chi connectivity index (χ3v) is 5.46. The van der Waals surface area contributed by atoms with Gasteiger partial charge < -0.3 is 20.2 Å². The van der Waals surface area contributed by atoms with E-state index in [1.807, 2.05) is 38.5 Å². The van der Waals surface area contributed by atoms with Gasteiger partial charge in [-0.25, -0.2) is 9.97 Å². The van der Waals surface area contributed by atoms with E-state index in [1.165, 1.54) is 49.8 Å². The van der Waals surface area contributed by atoms with Crippen LogP contribution in [0.2, 0.25) is 0 Å². The van der Waals surface area contributed by atoms with Gasteiger partial charge in [0.15, 0.2) is 0 Å². The molecular weight excluding hydrogens is 400 g/mol. The Morgan fingerprint density at radius 3 is 2.31 bits per heavy atom. The summed E-state index contributed by atoms with van der Waals surface area (Å²) < 4.78 is 0. The zero-order valence-corrected chi connectivity index (χ0v) is 20.8. The fourth-order valence-corrected chi connectivity index (χ4v) is 3.54. The minimum Gasteiger partial charge on any atom is -0.400 e. The van der Waals surface area contributed by atoms with E-state index >= 15 is 0 Å². The number of likely N-dealkylation sites (N-methyl/N-ethyl adjacent to an activating group) is 1. The second-order valence-corrected chi connectivity index (χ2v) is 8.03. The van der Waals surface area contributed by atoms with Gasteiger partial charge in [0.1, 0.15) is 11.6 Å². The topological polar surface area (TPSA) is 77.4 Å². The van der Waals surface area contributed by atoms with E-state index in [0.717, 1.165) is 51.5 Å². The van der Waals surface area contributed by atoms with Gasteiger partial charge in [-0.15, -0.1) is 0 Å². The Bertz CT molecular complexity index is 690. The van der Waals surface area contributed by atoms with Crippen molar-refractivity contribution in [1.29, 1.82) is 0 Å². The second kappa shape index (κ2) is 17.5. The Morgan fingerprint density at radius 2 is 1.72 bits per heavy atom. The third-order valence-electron chi connectivity index (χ3n) is 5.46. The lowest BCUT2D eigenvalue weighted by atomic mass is 9.96. The number of hydrogen-bond acceptors (Lipinski definition) is 7. The van der Waals surface area contributed by atoms with Crippen LogP contribution in [-0.2, 0) is 12.8 Å². The summed E-state index contributed by atoms with van der Waals surface area (Å²) in [5.74, 6) is 1.91. The van der Waals surface area contributed by atoms with Crippen molar-refractivity contribution in [2.45, 2.75) is 52.4 Å². The van der Waals surface area contributed by atoms with E-state index in [2.05, 4.69) is 50.1 Å². The molecule has 180 valence electrons. The summed E-state index contributed by atoms with van der Waals surface area (Å²) in [6.07, 6.45) is 11.4. The van der Waals surface area contributed by atoms with Crippen LogP contribution in [0.4, 0.5) is 5.82 Å². The molecule has 2 aromatic rings. The van der Waals surface area contributed by atoms with Crippen molar-refractivity contribution in [3.05, 3.63) is 47.7 Å². The molecule has 0 unspecified atom stereocenters. The van der Waals surface area contributed by atoms with E-state index in [0.29, 0.717) is 0 Å². The highest BCUT2D eigenvalue weighted by Gasteiger charge is 2.14. The van der Waals surface area contributed by atoms with Crippen molar-refractivity contribution < 1.29 is 5.11 Å². The lowest BCUT2D eigenvalue weighted by molar-refractivity contribution is 0.312. The minimum atomic E-state index is 0.849. The molecule has 0 bridgehead atoms. The maximum atomic E-state index is 7.00. The lowest BCUT2D eigenvalue weighted by Crippen LogP contribution is -2.44. The Balaban J connectivity index is 0.000000249. The van der Waals surface area contributed by atoms with Gasteiger partial charge in [-0.2, -0.15) is 0 Å². The van der Waals surface area contributed by atoms with Crippen LogP contribution in [0.1, 0.15) is 49.7 Å². The quantitative estimate of drug-likeness (QED) is 0.702. The number of nitrogens with one attached hydrogen (secondary N) is 1. The van der Waals surface area contributed by atoms with Crippen LogP contribution >= 0.6 is 0 Å². The smallest absolute Gasteiger partial charge is 0.132 e. The van der Waals surface area contributed by atoms with Gasteiger partial charge in [0, 0.05) is 51.4 Å². The summed E-state index contributed by atoms with van der Waals surface area (Å²) >= 11 is 0. The van der Waals surface area contributed by atoms with Gasteiger partial charge in [-0.1, -0.05) is 19.4 Å². The maximum Gasteiger partial charge on any atom is 0.132 e. The fourth-order valence-electron chi connectivity index (χ4n) is 3.54. The normalized spacial score (nSPS) is 15.1. The Morgan fingerprint density at radius 1 is 1.00 bits per heavy atom. The summed E-state index contributed by atoms with van der Waals surface area (Å²) in [6.45, 7) is 9.64. The third kappa shape index (κ3) is 11.0. The Kier molecular flexibility index (Phi) is 15.2. The molecule has 1 saturated heterocycles. The molecule has 0 atom stereocenters. The first kappa shape index (κ1) is 27.9. The summed E-state index contributed by atoms with van der Waals surface area (Å²) in [6, 6.07) is 6.21. The number of aromatic nitrogens is 3. The Labute approximate surface area is 195 Å². The molecule has 0 aromatic carbocycles. The molecule has 0 saturated carbocycles.